The molecule has 17 nitrogen and oxygen atoms in total. The van der Waals surface area contributed by atoms with Crippen molar-refractivity contribution in [1.82, 2.24) is 0 Å². The molecule has 19 heteroatoms. The third-order valence-corrected chi connectivity index (χ3v) is 16.5. The molecule has 0 aliphatic carbocycles. The van der Waals surface area contributed by atoms with Gasteiger partial charge in [-0.2, -0.15) is 0 Å². The van der Waals surface area contributed by atoms with E-state index in [0.29, 0.717) is 25.7 Å². The van der Waals surface area contributed by atoms with Crippen molar-refractivity contribution in [3.8, 4) is 0 Å². The van der Waals surface area contributed by atoms with Gasteiger partial charge >= 0.3 is 39.5 Å². The summed E-state index contributed by atoms with van der Waals surface area (Å²) in [5, 5.41) is 10.6. The van der Waals surface area contributed by atoms with Crippen molar-refractivity contribution in [2.45, 2.75) is 290 Å². The van der Waals surface area contributed by atoms with Crippen LogP contribution in [0.15, 0.2) is 134 Å². The zero-order valence-electron chi connectivity index (χ0n) is 59.5. The lowest BCUT2D eigenvalue weighted by Gasteiger charge is -2.21. The van der Waals surface area contributed by atoms with Gasteiger partial charge in [0.15, 0.2) is 12.2 Å². The maximum absolute atomic E-state index is 13.0. The van der Waals surface area contributed by atoms with Crippen molar-refractivity contribution in [2.75, 3.05) is 39.6 Å². The van der Waals surface area contributed by atoms with Gasteiger partial charge in [0, 0.05) is 19.3 Å². The van der Waals surface area contributed by atoms with Gasteiger partial charge < -0.3 is 33.8 Å². The molecule has 0 bridgehead atoms. The van der Waals surface area contributed by atoms with Crippen LogP contribution in [0.3, 0.4) is 0 Å². The van der Waals surface area contributed by atoms with Crippen molar-refractivity contribution in [3.05, 3.63) is 134 Å². The predicted molar refractivity (Wildman–Crippen MR) is 390 cm³/mol. The molecule has 5 unspecified atom stereocenters. The van der Waals surface area contributed by atoms with E-state index in [4.69, 9.17) is 37.0 Å². The Morgan fingerprint density at radius 1 is 0.312 bits per heavy atom. The summed E-state index contributed by atoms with van der Waals surface area (Å²) >= 11 is 0. The van der Waals surface area contributed by atoms with Crippen LogP contribution in [0.2, 0.25) is 0 Å². The number of allylic oxidation sites excluding steroid dienone is 21. The first-order chi connectivity index (χ1) is 46.7. The molecule has 548 valence electrons. The third-order valence-electron chi connectivity index (χ3n) is 14.6. The predicted octanol–water partition coefficient (Wildman–Crippen LogP) is 20.5. The molecule has 0 aliphatic heterocycles. The smallest absolute Gasteiger partial charge is 0.462 e. The fraction of sp³-hybridized carbons (Fsp3) is 0.662. The minimum atomic E-state index is -5.00. The van der Waals surface area contributed by atoms with Crippen molar-refractivity contribution < 1.29 is 80.2 Å². The average Bonchev–Trinajstić information content (AvgIpc) is 2.14. The highest BCUT2D eigenvalue weighted by atomic mass is 31.2. The Labute approximate surface area is 580 Å². The van der Waals surface area contributed by atoms with Crippen LogP contribution in [0.25, 0.3) is 0 Å². The van der Waals surface area contributed by atoms with E-state index in [1.54, 1.807) is 12.2 Å². The lowest BCUT2D eigenvalue weighted by Crippen LogP contribution is -2.30. The van der Waals surface area contributed by atoms with Gasteiger partial charge in [0.05, 0.1) is 32.8 Å². The van der Waals surface area contributed by atoms with E-state index in [0.717, 1.165) is 154 Å². The van der Waals surface area contributed by atoms with E-state index in [9.17, 15) is 43.2 Å². The molecule has 0 heterocycles. The zero-order valence-corrected chi connectivity index (χ0v) is 61.3. The van der Waals surface area contributed by atoms with Gasteiger partial charge in [0.25, 0.3) is 0 Å². The normalized spacial score (nSPS) is 14.8. The fourth-order valence-electron chi connectivity index (χ4n) is 9.15. The van der Waals surface area contributed by atoms with Crippen LogP contribution >= 0.6 is 15.6 Å². The zero-order chi connectivity index (χ0) is 70.4. The SMILES string of the molecule is CC/C=C\C/C=C\C/C=C\C/C=C\C/C=C\CC(=O)OC(COC(=O)CCCCCC/C=C\C/C=C\C/C=C\C/C=C\CC)COP(=O)(O)OCC(O)COP(=O)(O)OCC(COC(=O)CCCCCCC/C=C\C/C=C\CCC)OC(=O)CCCCCCCCCCCCC. The number of hydrogen-bond donors (Lipinski definition) is 3. The number of unbranched alkanes of at least 4 members (excludes halogenated alkanes) is 20. The first-order valence-electron chi connectivity index (χ1n) is 36.4. The Bertz CT molecular complexity index is 2350. The van der Waals surface area contributed by atoms with Crippen molar-refractivity contribution >= 4 is 39.5 Å². The molecule has 3 N–H and O–H groups in total. The molecule has 0 saturated heterocycles. The Morgan fingerprint density at radius 3 is 0.969 bits per heavy atom. The van der Waals surface area contributed by atoms with Gasteiger partial charge in [-0.15, -0.1) is 0 Å². The molecule has 0 saturated carbocycles. The minimum absolute atomic E-state index is 0.0888. The van der Waals surface area contributed by atoms with Crippen LogP contribution in [0.5, 0.6) is 0 Å². The molecule has 5 atom stereocenters. The molecule has 96 heavy (non-hydrogen) atoms. The number of aliphatic hydroxyl groups is 1. The summed E-state index contributed by atoms with van der Waals surface area (Å²) in [4.78, 5) is 72.6. The van der Waals surface area contributed by atoms with E-state index in [1.165, 1.54) is 38.5 Å². The van der Waals surface area contributed by atoms with E-state index < -0.39 is 97.5 Å². The Morgan fingerprint density at radius 2 is 0.604 bits per heavy atom. The first kappa shape index (κ1) is 91.2. The van der Waals surface area contributed by atoms with E-state index in [2.05, 4.69) is 137 Å². The largest absolute Gasteiger partial charge is 0.472 e. The van der Waals surface area contributed by atoms with E-state index in [-0.39, 0.29) is 25.7 Å². The average molecular weight is 1390 g/mol. The first-order valence-corrected chi connectivity index (χ1v) is 39.4. The second kappa shape index (κ2) is 68.7. The van der Waals surface area contributed by atoms with Gasteiger partial charge in [0.1, 0.15) is 19.3 Å². The highest BCUT2D eigenvalue weighted by Gasteiger charge is 2.30. The van der Waals surface area contributed by atoms with Crippen molar-refractivity contribution in [2.24, 2.45) is 0 Å². The number of esters is 4. The summed E-state index contributed by atoms with van der Waals surface area (Å²) in [7, 11) is -9.98. The number of ether oxygens (including phenoxy) is 4. The summed E-state index contributed by atoms with van der Waals surface area (Å²) in [5.41, 5.74) is 0. The summed E-state index contributed by atoms with van der Waals surface area (Å²) in [6.07, 6.45) is 74.9. The molecule has 0 radical (unpaired) electrons. The minimum Gasteiger partial charge on any atom is -0.462 e. The quantitative estimate of drug-likeness (QED) is 0.0169. The summed E-state index contributed by atoms with van der Waals surface area (Å²) in [6.45, 7) is 4.39. The molecule has 0 aliphatic rings. The maximum Gasteiger partial charge on any atom is 0.472 e. The highest BCUT2D eigenvalue weighted by Crippen LogP contribution is 2.45. The van der Waals surface area contributed by atoms with Crippen LogP contribution in [-0.2, 0) is 65.4 Å². The third kappa shape index (κ3) is 67.8. The van der Waals surface area contributed by atoms with Gasteiger partial charge in [-0.3, -0.25) is 37.3 Å². The van der Waals surface area contributed by atoms with Crippen molar-refractivity contribution in [3.63, 3.8) is 0 Å². The standard InChI is InChI=1S/C77H128O17P2/c1-5-9-13-17-21-25-29-32-34-35-37-39-43-46-50-54-58-62-75(80)88-68-73(94-77(82)64-60-56-52-48-44-40-36-33-30-26-22-18-14-10-6-2)70-92-96(85,86)90-66-71(78)65-89-95(83,84)91-69-72(93-76(81)63-59-55-51-47-41-28-24-20-16-12-8-4)67-87-74(79)61-57-53-49-45-42-38-31-27-23-19-15-11-7-3/h9-10,13-15,19,21-22,25-27,31-34,36-37,39,44,48,56,60,71-73,78H,5-8,11-12,16-18,20,23-24,28-30,35,38,40-43,45-47,49-55,57-59,61-70H2,1-4H3,(H,83,84)(H,85,86)/b13-9-,14-10-,19-15-,25-21-,26-22-,31-27-,34-32-,36-33-,39-37-,48-44-,60-56-. The van der Waals surface area contributed by atoms with Crippen molar-refractivity contribution in [1.29, 1.82) is 0 Å². The molecule has 0 amide bonds. The molecule has 0 aromatic carbocycles. The van der Waals surface area contributed by atoms with Crippen LogP contribution in [-0.4, -0.2) is 96.7 Å². The monoisotopic (exact) mass is 1390 g/mol. The second-order valence-electron chi connectivity index (χ2n) is 23.8. The van der Waals surface area contributed by atoms with Gasteiger partial charge in [-0.1, -0.05) is 264 Å². The number of carbonyl (C=O) groups excluding carboxylic acids is 4. The number of rotatable bonds is 67. The Hall–Kier alpha value is -4.80. The summed E-state index contributed by atoms with van der Waals surface area (Å²) in [5.74, 6) is -2.37. The number of hydrogen-bond acceptors (Lipinski definition) is 15. The number of phosphoric ester groups is 2. The van der Waals surface area contributed by atoms with Crippen LogP contribution < -0.4 is 0 Å². The van der Waals surface area contributed by atoms with Crippen LogP contribution in [0.4, 0.5) is 0 Å². The van der Waals surface area contributed by atoms with Crippen LogP contribution in [0, 0.1) is 0 Å². The topological polar surface area (TPSA) is 237 Å². The van der Waals surface area contributed by atoms with Crippen LogP contribution in [0.1, 0.15) is 272 Å². The number of carbonyl (C=O) groups is 4. The highest BCUT2D eigenvalue weighted by molar-refractivity contribution is 7.47. The summed E-state index contributed by atoms with van der Waals surface area (Å²) in [6, 6.07) is 0. The Balaban J connectivity index is 5.43. The van der Waals surface area contributed by atoms with Gasteiger partial charge in [0.2, 0.25) is 0 Å². The molecule has 0 rings (SSSR count). The maximum atomic E-state index is 13.0. The summed E-state index contributed by atoms with van der Waals surface area (Å²) < 4.78 is 68.1. The Kier molecular flexibility index (Phi) is 65.3. The lowest BCUT2D eigenvalue weighted by molar-refractivity contribution is -0.161. The lowest BCUT2D eigenvalue weighted by atomic mass is 10.1. The molecule has 0 aromatic heterocycles. The van der Waals surface area contributed by atoms with E-state index in [1.807, 2.05) is 12.2 Å². The molecular weight excluding hydrogens is 1260 g/mol. The molecule has 0 spiro atoms. The fourth-order valence-corrected chi connectivity index (χ4v) is 10.7. The van der Waals surface area contributed by atoms with Gasteiger partial charge in [-0.05, 0) is 116 Å². The molecular formula is C77H128O17P2. The van der Waals surface area contributed by atoms with E-state index >= 15 is 0 Å². The second-order valence-corrected chi connectivity index (χ2v) is 26.7. The number of phosphoric acid groups is 2. The van der Waals surface area contributed by atoms with Gasteiger partial charge in [-0.25, -0.2) is 9.13 Å². The number of aliphatic hydroxyl groups excluding tert-OH is 1. The molecule has 0 aromatic rings. The molecule has 0 fully saturated rings.